The minimum absolute atomic E-state index is 0.111. The summed E-state index contributed by atoms with van der Waals surface area (Å²) >= 11 is 3.53. The molecule has 31 heavy (non-hydrogen) atoms. The van der Waals surface area contributed by atoms with Gasteiger partial charge in [0.05, 0.1) is 0 Å². The normalized spacial score (nSPS) is 26.8. The fraction of sp³-hybridized carbons (Fsp3) is 0.500. The molecule has 0 saturated carbocycles. The smallest absolute Gasteiger partial charge is 0.323 e. The van der Waals surface area contributed by atoms with E-state index in [0.717, 1.165) is 23.1 Å². The van der Waals surface area contributed by atoms with E-state index < -0.39 is 0 Å². The third-order valence-corrected chi connectivity index (χ3v) is 7.06. The lowest BCUT2D eigenvalue weighted by atomic mass is 9.82. The van der Waals surface area contributed by atoms with Crippen LogP contribution in [-0.2, 0) is 14.9 Å². The summed E-state index contributed by atoms with van der Waals surface area (Å²) in [6.45, 7) is 9.94. The van der Waals surface area contributed by atoms with E-state index in [2.05, 4.69) is 84.9 Å². The number of hydrogen-bond acceptors (Lipinski definition) is 4. The van der Waals surface area contributed by atoms with Crippen molar-refractivity contribution in [3.63, 3.8) is 0 Å². The lowest BCUT2D eigenvalue weighted by molar-refractivity contribution is -0.176. The molecular weight excluding hydrogens is 454 g/mol. The average Bonchev–Trinajstić information content (AvgIpc) is 2.73. The number of carbonyl (C=O) groups excluding carboxylic acids is 1. The van der Waals surface area contributed by atoms with Crippen LogP contribution in [0.3, 0.4) is 0 Å². The van der Waals surface area contributed by atoms with Crippen LogP contribution in [0.4, 0.5) is 0 Å². The third-order valence-electron chi connectivity index (χ3n) is 6.53. The van der Waals surface area contributed by atoms with Gasteiger partial charge in [0.1, 0.15) is 24.5 Å². The molecule has 2 aromatic rings. The lowest BCUT2D eigenvalue weighted by Crippen LogP contribution is -2.58. The summed E-state index contributed by atoms with van der Waals surface area (Å²) < 4.78 is 12.9. The first-order valence-corrected chi connectivity index (χ1v) is 12.0. The second-order valence-electron chi connectivity index (χ2n) is 9.91. The number of morpholine rings is 1. The Balaban J connectivity index is 1.46. The Labute approximate surface area is 194 Å². The van der Waals surface area contributed by atoms with Gasteiger partial charge in [-0.1, -0.05) is 67.9 Å². The first kappa shape index (κ1) is 22.3. The van der Waals surface area contributed by atoms with Crippen molar-refractivity contribution in [3.05, 3.63) is 64.1 Å². The summed E-state index contributed by atoms with van der Waals surface area (Å²) in [6, 6.07) is 16.8. The van der Waals surface area contributed by atoms with Gasteiger partial charge in [-0.05, 0) is 59.6 Å². The Hall–Kier alpha value is -1.85. The summed E-state index contributed by atoms with van der Waals surface area (Å²) in [6.07, 6.45) is 1.61. The van der Waals surface area contributed by atoms with Gasteiger partial charge in [-0.15, -0.1) is 0 Å². The first-order valence-electron chi connectivity index (χ1n) is 11.2. The number of carbonyl (C=O) groups is 1. The molecule has 0 aliphatic carbocycles. The molecule has 2 heterocycles. The Morgan fingerprint density at radius 2 is 1.74 bits per heavy atom. The zero-order valence-corrected chi connectivity index (χ0v) is 20.4. The van der Waals surface area contributed by atoms with Crippen LogP contribution in [-0.4, -0.2) is 36.2 Å². The molecule has 2 fully saturated rings. The van der Waals surface area contributed by atoms with Gasteiger partial charge in [-0.2, -0.15) is 0 Å². The molecule has 166 valence electrons. The predicted octanol–water partition coefficient (Wildman–Crippen LogP) is 5.89. The van der Waals surface area contributed by atoms with Gasteiger partial charge < -0.3 is 9.47 Å². The van der Waals surface area contributed by atoms with Gasteiger partial charge in [-0.25, -0.2) is 0 Å². The number of ether oxygens (including phenoxy) is 2. The molecule has 0 aromatic heterocycles. The number of nitrogens with zero attached hydrogens (tertiary/aromatic N) is 1. The molecule has 0 radical (unpaired) electrons. The van der Waals surface area contributed by atoms with Crippen molar-refractivity contribution >= 4 is 21.9 Å². The van der Waals surface area contributed by atoms with Crippen LogP contribution in [0.2, 0.25) is 0 Å². The van der Waals surface area contributed by atoms with Crippen molar-refractivity contribution in [2.75, 3.05) is 13.2 Å². The van der Waals surface area contributed by atoms with Gasteiger partial charge in [0.2, 0.25) is 0 Å². The molecule has 2 aromatic carbocycles. The van der Waals surface area contributed by atoms with E-state index in [0.29, 0.717) is 19.1 Å². The van der Waals surface area contributed by atoms with Gasteiger partial charge >= 0.3 is 5.97 Å². The highest BCUT2D eigenvalue weighted by Crippen LogP contribution is 2.41. The number of esters is 1. The number of piperidine rings is 1. The van der Waals surface area contributed by atoms with Crippen LogP contribution in [0.25, 0.3) is 0 Å². The average molecular weight is 486 g/mol. The van der Waals surface area contributed by atoms with Crippen molar-refractivity contribution < 1.29 is 14.3 Å². The maximum absolute atomic E-state index is 12.8. The Morgan fingerprint density at radius 1 is 1.06 bits per heavy atom. The molecule has 5 heteroatoms. The number of benzene rings is 2. The van der Waals surface area contributed by atoms with E-state index in [4.69, 9.17) is 9.47 Å². The van der Waals surface area contributed by atoms with Crippen LogP contribution >= 0.6 is 15.9 Å². The summed E-state index contributed by atoms with van der Waals surface area (Å²) in [7, 11) is 0. The Kier molecular flexibility index (Phi) is 6.45. The van der Waals surface area contributed by atoms with Crippen molar-refractivity contribution in [2.45, 2.75) is 64.1 Å². The molecule has 1 unspecified atom stereocenters. The summed E-state index contributed by atoms with van der Waals surface area (Å²) in [4.78, 5) is 15.2. The quantitative estimate of drug-likeness (QED) is 0.505. The van der Waals surface area contributed by atoms with Gasteiger partial charge in [0.15, 0.2) is 0 Å². The maximum Gasteiger partial charge on any atom is 0.323 e. The van der Waals surface area contributed by atoms with E-state index in [-0.39, 0.29) is 29.6 Å². The highest BCUT2D eigenvalue weighted by Gasteiger charge is 2.45. The second-order valence-corrected chi connectivity index (χ2v) is 10.8. The largest absolute Gasteiger partial charge is 0.490 e. The zero-order chi connectivity index (χ0) is 22.2. The van der Waals surface area contributed by atoms with Gasteiger partial charge in [0.25, 0.3) is 0 Å². The van der Waals surface area contributed by atoms with E-state index in [9.17, 15) is 4.79 Å². The lowest BCUT2D eigenvalue weighted by Gasteiger charge is -2.48. The molecule has 4 rings (SSSR count). The highest BCUT2D eigenvalue weighted by atomic mass is 79.9. The molecule has 4 atom stereocenters. The Bertz CT molecular complexity index is 904. The molecule has 0 spiro atoms. The number of cyclic esters (lactones) is 1. The SMILES string of the molecule is C[C@H]1CC[C@H]2C(=O)OC(COc3ccc(C(C)(C)C)cc3)CN2[C@@H]1c1ccc(Br)cc1. The summed E-state index contributed by atoms with van der Waals surface area (Å²) in [5, 5.41) is 0. The van der Waals surface area contributed by atoms with Crippen LogP contribution in [0.5, 0.6) is 5.75 Å². The van der Waals surface area contributed by atoms with Crippen molar-refractivity contribution in [3.8, 4) is 5.75 Å². The highest BCUT2D eigenvalue weighted by molar-refractivity contribution is 9.10. The molecular formula is C26H32BrNO3. The van der Waals surface area contributed by atoms with Crippen molar-refractivity contribution in [1.29, 1.82) is 0 Å². The van der Waals surface area contributed by atoms with Crippen molar-refractivity contribution in [2.24, 2.45) is 5.92 Å². The van der Waals surface area contributed by atoms with Gasteiger partial charge in [-0.3, -0.25) is 9.69 Å². The van der Waals surface area contributed by atoms with E-state index in [1.54, 1.807) is 0 Å². The fourth-order valence-corrected chi connectivity index (χ4v) is 5.05. The topological polar surface area (TPSA) is 38.8 Å². The molecule has 0 N–H and O–H groups in total. The van der Waals surface area contributed by atoms with Gasteiger partial charge in [0, 0.05) is 17.1 Å². The second kappa shape index (κ2) is 8.95. The Morgan fingerprint density at radius 3 is 2.39 bits per heavy atom. The van der Waals surface area contributed by atoms with E-state index >= 15 is 0 Å². The minimum Gasteiger partial charge on any atom is -0.490 e. The third kappa shape index (κ3) is 4.98. The monoisotopic (exact) mass is 485 g/mol. The molecule has 2 saturated heterocycles. The first-order chi connectivity index (χ1) is 14.7. The molecule has 4 nitrogen and oxygen atoms in total. The van der Waals surface area contributed by atoms with Crippen LogP contribution < -0.4 is 4.74 Å². The summed E-state index contributed by atoms with van der Waals surface area (Å²) in [5.41, 5.74) is 2.64. The molecule has 0 amide bonds. The predicted molar refractivity (Wildman–Crippen MR) is 126 cm³/mol. The van der Waals surface area contributed by atoms with Crippen LogP contribution in [0.1, 0.15) is 57.7 Å². The standard InChI is InChI=1S/C26H32BrNO3/c1-17-5-14-23-25(29)31-22(15-28(23)24(17)18-6-10-20(27)11-7-18)16-30-21-12-8-19(9-13-21)26(2,3)4/h6-13,17,22-24H,5,14-16H2,1-4H3/t17-,22?,23-,24-/m0/s1. The maximum atomic E-state index is 12.8. The van der Waals surface area contributed by atoms with E-state index in [1.165, 1.54) is 11.1 Å². The zero-order valence-electron chi connectivity index (χ0n) is 18.8. The van der Waals surface area contributed by atoms with Crippen LogP contribution in [0, 0.1) is 5.92 Å². The summed E-state index contributed by atoms with van der Waals surface area (Å²) in [5.74, 6) is 1.18. The minimum atomic E-state index is -0.269. The van der Waals surface area contributed by atoms with E-state index in [1.807, 2.05) is 12.1 Å². The number of rotatable bonds is 4. The fourth-order valence-electron chi connectivity index (χ4n) is 4.78. The molecule has 2 aliphatic rings. The molecule has 2 aliphatic heterocycles. The number of fused-ring (bicyclic) bond motifs is 1. The number of halogens is 1. The van der Waals surface area contributed by atoms with Crippen LogP contribution in [0.15, 0.2) is 53.0 Å². The molecule has 0 bridgehead atoms. The van der Waals surface area contributed by atoms with Crippen molar-refractivity contribution in [1.82, 2.24) is 4.90 Å². The number of hydrogen-bond donors (Lipinski definition) is 0.